The summed E-state index contributed by atoms with van der Waals surface area (Å²) in [5, 5.41) is 9.12. The number of hydrogen-bond donors (Lipinski definition) is 2. The number of aliphatic hydroxyl groups excluding tert-OH is 1. The van der Waals surface area contributed by atoms with Gasteiger partial charge in [0.2, 0.25) is 0 Å². The Bertz CT molecular complexity index is 605. The molecule has 1 heterocycles. The van der Waals surface area contributed by atoms with Crippen LogP contribution in [-0.2, 0) is 15.7 Å². The number of benzene rings is 1. The summed E-state index contributed by atoms with van der Waals surface area (Å²) in [7, 11) is 1.38. The van der Waals surface area contributed by atoms with E-state index in [0.717, 1.165) is 0 Å². The molecule has 0 spiro atoms. The summed E-state index contributed by atoms with van der Waals surface area (Å²) in [6.45, 7) is -0.427. The molecule has 1 aromatic heterocycles. The van der Waals surface area contributed by atoms with E-state index in [2.05, 4.69) is 9.97 Å². The van der Waals surface area contributed by atoms with E-state index in [1.807, 2.05) is 0 Å². The first-order valence-electron chi connectivity index (χ1n) is 4.04. The summed E-state index contributed by atoms with van der Waals surface area (Å²) in [6.07, 6.45) is 1.43. The molecule has 80 valence electrons. The number of aromatic amines is 1. The van der Waals surface area contributed by atoms with Crippen LogP contribution in [0.5, 0.6) is 0 Å². The third-order valence-corrected chi connectivity index (χ3v) is 3.48. The largest absolute Gasteiger partial charge is 0.392 e. The standard InChI is InChI=1S/C8H7ClN2O3S/c9-15(13,14)7-2-1-6-8(5(7)3-12)11-4-10-6/h1-2,4,12H,3H2,(H,10,11). The fraction of sp³-hybridized carbons (Fsp3) is 0.125. The molecular formula is C8H7ClN2O3S. The van der Waals surface area contributed by atoms with E-state index in [-0.39, 0.29) is 10.5 Å². The van der Waals surface area contributed by atoms with Gasteiger partial charge in [0, 0.05) is 16.2 Å². The summed E-state index contributed by atoms with van der Waals surface area (Å²) in [6, 6.07) is 2.89. The SMILES string of the molecule is O=S(=O)(Cl)c1ccc2[nH]cnc2c1CO. The summed E-state index contributed by atoms with van der Waals surface area (Å²) in [5.41, 5.74) is 1.28. The number of halogens is 1. The quantitative estimate of drug-likeness (QED) is 0.774. The van der Waals surface area contributed by atoms with Crippen molar-refractivity contribution in [3.63, 3.8) is 0 Å². The zero-order valence-corrected chi connectivity index (χ0v) is 9.01. The first kappa shape index (κ1) is 10.4. The zero-order chi connectivity index (χ0) is 11.1. The second kappa shape index (κ2) is 3.48. The second-order valence-corrected chi connectivity index (χ2v) is 5.47. The van der Waals surface area contributed by atoms with Crippen molar-refractivity contribution >= 4 is 30.8 Å². The minimum absolute atomic E-state index is 0.105. The summed E-state index contributed by atoms with van der Waals surface area (Å²) >= 11 is 0. The molecule has 0 bridgehead atoms. The fourth-order valence-electron chi connectivity index (χ4n) is 1.43. The maximum absolute atomic E-state index is 11.2. The van der Waals surface area contributed by atoms with Gasteiger partial charge in [0.25, 0.3) is 9.05 Å². The molecule has 0 saturated heterocycles. The molecule has 0 radical (unpaired) electrons. The predicted molar refractivity (Wildman–Crippen MR) is 55.1 cm³/mol. The van der Waals surface area contributed by atoms with Gasteiger partial charge in [0.1, 0.15) is 0 Å². The van der Waals surface area contributed by atoms with Crippen LogP contribution >= 0.6 is 10.7 Å². The van der Waals surface area contributed by atoms with Crippen LogP contribution < -0.4 is 0 Å². The minimum Gasteiger partial charge on any atom is -0.392 e. The third-order valence-electron chi connectivity index (χ3n) is 2.07. The highest BCUT2D eigenvalue weighted by Gasteiger charge is 2.18. The Kier molecular flexibility index (Phi) is 2.41. The van der Waals surface area contributed by atoms with Crippen LogP contribution in [0.1, 0.15) is 5.56 Å². The normalized spacial score (nSPS) is 12.1. The van der Waals surface area contributed by atoms with Crippen molar-refractivity contribution in [1.82, 2.24) is 9.97 Å². The second-order valence-electron chi connectivity index (χ2n) is 2.94. The van der Waals surface area contributed by atoms with Crippen molar-refractivity contribution in [2.24, 2.45) is 0 Å². The van der Waals surface area contributed by atoms with Gasteiger partial charge in [-0.1, -0.05) is 0 Å². The molecule has 0 aliphatic carbocycles. The van der Waals surface area contributed by atoms with Crippen molar-refractivity contribution in [1.29, 1.82) is 0 Å². The molecule has 0 unspecified atom stereocenters. The first-order valence-corrected chi connectivity index (χ1v) is 6.35. The number of aliphatic hydroxyl groups is 1. The van der Waals surface area contributed by atoms with E-state index in [9.17, 15) is 8.42 Å². The van der Waals surface area contributed by atoms with Gasteiger partial charge in [0.05, 0.1) is 28.9 Å². The minimum atomic E-state index is -3.86. The number of H-pyrrole nitrogens is 1. The van der Waals surface area contributed by atoms with Crippen LogP contribution in [0.25, 0.3) is 11.0 Å². The van der Waals surface area contributed by atoms with Crippen LogP contribution in [-0.4, -0.2) is 23.5 Å². The summed E-state index contributed by atoms with van der Waals surface area (Å²) < 4.78 is 22.4. The Morgan fingerprint density at radius 3 is 2.80 bits per heavy atom. The highest BCUT2D eigenvalue weighted by atomic mass is 35.7. The number of imidazole rings is 1. The van der Waals surface area contributed by atoms with E-state index < -0.39 is 15.7 Å². The topological polar surface area (TPSA) is 83.0 Å². The maximum Gasteiger partial charge on any atom is 0.261 e. The monoisotopic (exact) mass is 246 g/mol. The van der Waals surface area contributed by atoms with E-state index >= 15 is 0 Å². The van der Waals surface area contributed by atoms with Gasteiger partial charge < -0.3 is 10.1 Å². The van der Waals surface area contributed by atoms with Crippen molar-refractivity contribution in [2.45, 2.75) is 11.5 Å². The molecule has 0 atom stereocenters. The highest BCUT2D eigenvalue weighted by molar-refractivity contribution is 8.13. The molecule has 15 heavy (non-hydrogen) atoms. The fourth-order valence-corrected chi connectivity index (χ4v) is 2.55. The van der Waals surface area contributed by atoms with Crippen molar-refractivity contribution in [3.05, 3.63) is 24.0 Å². The van der Waals surface area contributed by atoms with E-state index in [0.29, 0.717) is 11.0 Å². The molecule has 2 aromatic rings. The lowest BCUT2D eigenvalue weighted by molar-refractivity contribution is 0.280. The molecule has 5 nitrogen and oxygen atoms in total. The van der Waals surface area contributed by atoms with Crippen molar-refractivity contribution < 1.29 is 13.5 Å². The molecule has 0 aliphatic heterocycles. The lowest BCUT2D eigenvalue weighted by Gasteiger charge is -2.03. The molecule has 2 N–H and O–H groups in total. The number of fused-ring (bicyclic) bond motifs is 1. The van der Waals surface area contributed by atoms with Gasteiger partial charge in [0.15, 0.2) is 0 Å². The lowest BCUT2D eigenvalue weighted by Crippen LogP contribution is -1.99. The average molecular weight is 247 g/mol. The Hall–Kier alpha value is -1.11. The van der Waals surface area contributed by atoms with E-state index in [1.54, 1.807) is 6.07 Å². The van der Waals surface area contributed by atoms with Crippen LogP contribution in [0.15, 0.2) is 23.4 Å². The lowest BCUT2D eigenvalue weighted by atomic mass is 10.2. The Labute approximate surface area is 90.1 Å². The molecule has 1 aromatic carbocycles. The van der Waals surface area contributed by atoms with E-state index in [1.165, 1.54) is 12.4 Å². The molecule has 0 fully saturated rings. The molecule has 7 heteroatoms. The maximum atomic E-state index is 11.2. The van der Waals surface area contributed by atoms with Crippen molar-refractivity contribution in [2.75, 3.05) is 0 Å². The van der Waals surface area contributed by atoms with Gasteiger partial charge in [-0.05, 0) is 12.1 Å². The summed E-state index contributed by atoms with van der Waals surface area (Å²) in [5.74, 6) is 0. The molecular weight excluding hydrogens is 240 g/mol. The number of hydrogen-bond acceptors (Lipinski definition) is 4. The van der Waals surface area contributed by atoms with Crippen molar-refractivity contribution in [3.8, 4) is 0 Å². The highest BCUT2D eigenvalue weighted by Crippen LogP contribution is 2.25. The number of nitrogens with zero attached hydrogens (tertiary/aromatic N) is 1. The number of nitrogens with one attached hydrogen (secondary N) is 1. The molecule has 2 rings (SSSR count). The van der Waals surface area contributed by atoms with Crippen LogP contribution in [0, 0.1) is 0 Å². The molecule has 0 amide bonds. The molecule has 0 aliphatic rings. The zero-order valence-electron chi connectivity index (χ0n) is 7.44. The Morgan fingerprint density at radius 2 is 2.20 bits per heavy atom. The Balaban J connectivity index is 2.87. The first-order chi connectivity index (χ1) is 7.04. The predicted octanol–water partition coefficient (Wildman–Crippen LogP) is 0.983. The van der Waals surface area contributed by atoms with Crippen LogP contribution in [0.3, 0.4) is 0 Å². The van der Waals surface area contributed by atoms with Gasteiger partial charge in [-0.3, -0.25) is 0 Å². The van der Waals surface area contributed by atoms with Gasteiger partial charge >= 0.3 is 0 Å². The third kappa shape index (κ3) is 1.71. The van der Waals surface area contributed by atoms with Gasteiger partial charge in [-0.25, -0.2) is 13.4 Å². The van der Waals surface area contributed by atoms with Crippen LogP contribution in [0.2, 0.25) is 0 Å². The van der Waals surface area contributed by atoms with E-state index in [4.69, 9.17) is 15.8 Å². The van der Waals surface area contributed by atoms with Gasteiger partial charge in [-0.2, -0.15) is 0 Å². The summed E-state index contributed by atoms with van der Waals surface area (Å²) in [4.78, 5) is 6.63. The Morgan fingerprint density at radius 1 is 1.47 bits per heavy atom. The smallest absolute Gasteiger partial charge is 0.261 e. The number of aromatic nitrogens is 2. The molecule has 0 saturated carbocycles. The van der Waals surface area contributed by atoms with Gasteiger partial charge in [-0.15, -0.1) is 0 Å². The van der Waals surface area contributed by atoms with Crippen LogP contribution in [0.4, 0.5) is 0 Å². The average Bonchev–Trinajstić information content (AvgIpc) is 2.61. The number of rotatable bonds is 2.